The molecule has 1 saturated heterocycles. The molecule has 2 heteroatoms. The van der Waals surface area contributed by atoms with Crippen molar-refractivity contribution >= 4 is 5.91 Å². The Balaban J connectivity index is 2.48. The molecule has 0 N–H and O–H groups in total. The third-order valence-corrected chi connectivity index (χ3v) is 2.33. The second kappa shape index (κ2) is 2.84. The van der Waals surface area contributed by atoms with Crippen molar-refractivity contribution in [3.05, 3.63) is 0 Å². The molecule has 11 heavy (non-hydrogen) atoms. The van der Waals surface area contributed by atoms with Crippen LogP contribution in [0.25, 0.3) is 0 Å². The highest BCUT2D eigenvalue weighted by molar-refractivity contribution is 5.76. The van der Waals surface area contributed by atoms with Crippen molar-refractivity contribution in [3.63, 3.8) is 0 Å². The number of nitrogens with zero attached hydrogens (tertiary/aromatic N) is 1. The minimum atomic E-state index is 0.301. The van der Waals surface area contributed by atoms with Gasteiger partial charge in [0.25, 0.3) is 0 Å². The Morgan fingerprint density at radius 3 is 2.55 bits per heavy atom. The maximum atomic E-state index is 11.2. The van der Waals surface area contributed by atoms with Crippen LogP contribution < -0.4 is 0 Å². The van der Waals surface area contributed by atoms with Gasteiger partial charge in [0.1, 0.15) is 0 Å². The van der Waals surface area contributed by atoms with Crippen molar-refractivity contribution in [3.8, 4) is 0 Å². The quantitative estimate of drug-likeness (QED) is 0.564. The predicted molar refractivity (Wildman–Crippen MR) is 45.3 cm³/mol. The molecule has 0 unspecified atom stereocenters. The number of carbonyl (C=O) groups excluding carboxylic acids is 1. The molecule has 0 saturated carbocycles. The summed E-state index contributed by atoms with van der Waals surface area (Å²) in [6, 6.07) is 0. The molecule has 1 amide bonds. The maximum Gasteiger partial charge on any atom is 0.222 e. The molecule has 0 radical (unpaired) electrons. The van der Waals surface area contributed by atoms with Crippen molar-refractivity contribution in [1.82, 2.24) is 4.90 Å². The number of hydrogen-bond donors (Lipinski definition) is 0. The smallest absolute Gasteiger partial charge is 0.222 e. The first-order valence-corrected chi connectivity index (χ1v) is 4.33. The van der Waals surface area contributed by atoms with Gasteiger partial charge in [0.2, 0.25) is 5.91 Å². The summed E-state index contributed by atoms with van der Waals surface area (Å²) in [5.41, 5.74) is 0.352. The van der Waals surface area contributed by atoms with E-state index in [9.17, 15) is 4.79 Å². The summed E-state index contributed by atoms with van der Waals surface area (Å²) in [5, 5.41) is 0. The first-order chi connectivity index (χ1) is 5.05. The highest BCUT2D eigenvalue weighted by Crippen LogP contribution is 2.28. The standard InChI is InChI=1S/C9H17NO/c1-4-8(11)10-6-5-9(2,3)7-10/h4-7H2,1-3H3. The Hall–Kier alpha value is -0.530. The summed E-state index contributed by atoms with van der Waals surface area (Å²) in [5.74, 6) is 0.301. The van der Waals surface area contributed by atoms with Crippen LogP contribution in [0, 0.1) is 5.41 Å². The molecule has 0 aliphatic carbocycles. The fourth-order valence-electron chi connectivity index (χ4n) is 1.55. The topological polar surface area (TPSA) is 20.3 Å². The summed E-state index contributed by atoms with van der Waals surface area (Å²) in [6.07, 6.45) is 1.80. The summed E-state index contributed by atoms with van der Waals surface area (Å²) < 4.78 is 0. The Morgan fingerprint density at radius 2 is 2.18 bits per heavy atom. The Morgan fingerprint density at radius 1 is 1.55 bits per heavy atom. The maximum absolute atomic E-state index is 11.2. The SMILES string of the molecule is CCC(=O)N1CCC(C)(C)C1. The molecule has 1 aliphatic rings. The summed E-state index contributed by atoms with van der Waals surface area (Å²) >= 11 is 0. The number of hydrogen-bond acceptors (Lipinski definition) is 1. The van der Waals surface area contributed by atoms with Gasteiger partial charge in [0.05, 0.1) is 0 Å². The van der Waals surface area contributed by atoms with E-state index in [1.165, 1.54) is 0 Å². The van der Waals surface area contributed by atoms with Gasteiger partial charge in [0.15, 0.2) is 0 Å². The highest BCUT2D eigenvalue weighted by Gasteiger charge is 2.30. The third-order valence-electron chi connectivity index (χ3n) is 2.33. The predicted octanol–water partition coefficient (Wildman–Crippen LogP) is 1.65. The van der Waals surface area contributed by atoms with Crippen LogP contribution in [0.4, 0.5) is 0 Å². The largest absolute Gasteiger partial charge is 0.342 e. The van der Waals surface area contributed by atoms with E-state index in [0.717, 1.165) is 19.5 Å². The van der Waals surface area contributed by atoms with Crippen molar-refractivity contribution < 1.29 is 4.79 Å². The van der Waals surface area contributed by atoms with Crippen molar-refractivity contribution in [2.75, 3.05) is 13.1 Å². The Labute approximate surface area is 68.6 Å². The van der Waals surface area contributed by atoms with Crippen LogP contribution in [0.1, 0.15) is 33.6 Å². The van der Waals surface area contributed by atoms with Gasteiger partial charge in [-0.3, -0.25) is 4.79 Å². The molecule has 0 spiro atoms. The van der Waals surface area contributed by atoms with Crippen LogP contribution in [-0.4, -0.2) is 23.9 Å². The van der Waals surface area contributed by atoms with Crippen LogP contribution in [0.15, 0.2) is 0 Å². The number of amides is 1. The molecule has 1 aliphatic heterocycles. The van der Waals surface area contributed by atoms with E-state index in [-0.39, 0.29) is 0 Å². The lowest BCUT2D eigenvalue weighted by Crippen LogP contribution is -2.29. The van der Waals surface area contributed by atoms with E-state index >= 15 is 0 Å². The van der Waals surface area contributed by atoms with Crippen LogP contribution in [0.3, 0.4) is 0 Å². The lowest BCUT2D eigenvalue weighted by molar-refractivity contribution is -0.130. The molecule has 0 aromatic carbocycles. The number of likely N-dealkylation sites (tertiary alicyclic amines) is 1. The van der Waals surface area contributed by atoms with Gasteiger partial charge in [-0.25, -0.2) is 0 Å². The molecule has 64 valence electrons. The lowest BCUT2D eigenvalue weighted by Gasteiger charge is -2.18. The second-order valence-electron chi connectivity index (χ2n) is 4.08. The molecule has 2 nitrogen and oxygen atoms in total. The fourth-order valence-corrected chi connectivity index (χ4v) is 1.55. The van der Waals surface area contributed by atoms with Gasteiger partial charge in [-0.2, -0.15) is 0 Å². The third kappa shape index (κ3) is 1.95. The molecule has 1 heterocycles. The normalized spacial score (nSPS) is 22.3. The molecule has 1 fully saturated rings. The minimum Gasteiger partial charge on any atom is -0.342 e. The van der Waals surface area contributed by atoms with Crippen LogP contribution in [0.5, 0.6) is 0 Å². The van der Waals surface area contributed by atoms with Crippen LogP contribution >= 0.6 is 0 Å². The molecule has 0 bridgehead atoms. The van der Waals surface area contributed by atoms with E-state index in [4.69, 9.17) is 0 Å². The molecule has 0 aromatic rings. The highest BCUT2D eigenvalue weighted by atomic mass is 16.2. The first-order valence-electron chi connectivity index (χ1n) is 4.33. The van der Waals surface area contributed by atoms with Gasteiger partial charge in [-0.15, -0.1) is 0 Å². The van der Waals surface area contributed by atoms with Crippen molar-refractivity contribution in [2.24, 2.45) is 5.41 Å². The number of carbonyl (C=O) groups is 1. The lowest BCUT2D eigenvalue weighted by atomic mass is 9.93. The van der Waals surface area contributed by atoms with Crippen molar-refractivity contribution in [2.45, 2.75) is 33.6 Å². The zero-order valence-corrected chi connectivity index (χ0v) is 7.68. The zero-order chi connectivity index (χ0) is 8.48. The van der Waals surface area contributed by atoms with E-state index in [1.54, 1.807) is 0 Å². The second-order valence-corrected chi connectivity index (χ2v) is 4.08. The van der Waals surface area contributed by atoms with E-state index in [2.05, 4.69) is 13.8 Å². The first kappa shape index (κ1) is 8.57. The average molecular weight is 155 g/mol. The summed E-state index contributed by atoms with van der Waals surface area (Å²) in [4.78, 5) is 13.2. The molecule has 0 aromatic heterocycles. The summed E-state index contributed by atoms with van der Waals surface area (Å²) in [6.45, 7) is 8.26. The van der Waals surface area contributed by atoms with E-state index in [0.29, 0.717) is 17.7 Å². The monoisotopic (exact) mass is 155 g/mol. The zero-order valence-electron chi connectivity index (χ0n) is 7.68. The van der Waals surface area contributed by atoms with Crippen LogP contribution in [-0.2, 0) is 4.79 Å². The van der Waals surface area contributed by atoms with Gasteiger partial charge in [0, 0.05) is 19.5 Å². The molecular formula is C9H17NO. The van der Waals surface area contributed by atoms with Gasteiger partial charge >= 0.3 is 0 Å². The average Bonchev–Trinajstić information content (AvgIpc) is 2.29. The van der Waals surface area contributed by atoms with E-state index in [1.807, 2.05) is 11.8 Å². The minimum absolute atomic E-state index is 0.301. The van der Waals surface area contributed by atoms with Crippen LogP contribution in [0.2, 0.25) is 0 Å². The molecule has 1 rings (SSSR count). The Bertz CT molecular complexity index is 163. The number of rotatable bonds is 1. The van der Waals surface area contributed by atoms with E-state index < -0.39 is 0 Å². The Kier molecular flexibility index (Phi) is 2.21. The van der Waals surface area contributed by atoms with Gasteiger partial charge in [-0.1, -0.05) is 20.8 Å². The van der Waals surface area contributed by atoms with Gasteiger partial charge < -0.3 is 4.90 Å². The molecular weight excluding hydrogens is 138 g/mol. The fraction of sp³-hybridized carbons (Fsp3) is 0.889. The summed E-state index contributed by atoms with van der Waals surface area (Å²) in [7, 11) is 0. The van der Waals surface area contributed by atoms with Crippen molar-refractivity contribution in [1.29, 1.82) is 0 Å². The molecule has 0 atom stereocenters. The van der Waals surface area contributed by atoms with Gasteiger partial charge in [-0.05, 0) is 11.8 Å².